The number of rotatable bonds is 7. The lowest BCUT2D eigenvalue weighted by molar-refractivity contribution is 0.132. The zero-order chi connectivity index (χ0) is 13.5. The minimum atomic E-state index is 0.449. The second kappa shape index (κ2) is 7.71. The van der Waals surface area contributed by atoms with E-state index in [2.05, 4.69) is 30.1 Å². The van der Waals surface area contributed by atoms with Crippen molar-refractivity contribution >= 4 is 0 Å². The molecule has 0 spiro atoms. The zero-order valence-electron chi connectivity index (χ0n) is 12.4. The average molecular weight is 264 g/mol. The van der Waals surface area contributed by atoms with Gasteiger partial charge < -0.3 is 9.73 Å². The SMILES string of the molecule is CCCN(CC1CCNCC1)C(CC)c1ccco1. The summed E-state index contributed by atoms with van der Waals surface area (Å²) in [5.74, 6) is 1.97. The van der Waals surface area contributed by atoms with Crippen LogP contribution in [-0.2, 0) is 0 Å². The van der Waals surface area contributed by atoms with Gasteiger partial charge in [0.1, 0.15) is 5.76 Å². The summed E-state index contributed by atoms with van der Waals surface area (Å²) in [6.07, 6.45) is 6.76. The van der Waals surface area contributed by atoms with Crippen molar-refractivity contribution in [2.75, 3.05) is 26.2 Å². The van der Waals surface area contributed by atoms with Gasteiger partial charge in [-0.25, -0.2) is 0 Å². The first kappa shape index (κ1) is 14.6. The minimum Gasteiger partial charge on any atom is -0.468 e. The van der Waals surface area contributed by atoms with Gasteiger partial charge in [-0.2, -0.15) is 0 Å². The van der Waals surface area contributed by atoms with Crippen LogP contribution >= 0.6 is 0 Å². The molecule has 0 bridgehead atoms. The fourth-order valence-corrected chi connectivity index (χ4v) is 3.18. The third-order valence-electron chi connectivity index (χ3n) is 4.16. The highest BCUT2D eigenvalue weighted by Crippen LogP contribution is 2.27. The molecular weight excluding hydrogens is 236 g/mol. The maximum Gasteiger partial charge on any atom is 0.120 e. The molecule has 1 saturated heterocycles. The molecule has 0 saturated carbocycles. The summed E-state index contributed by atoms with van der Waals surface area (Å²) in [7, 11) is 0. The maximum absolute atomic E-state index is 5.65. The monoisotopic (exact) mass is 264 g/mol. The molecule has 0 aromatic carbocycles. The van der Waals surface area contributed by atoms with Gasteiger partial charge in [0.05, 0.1) is 12.3 Å². The second-order valence-electron chi connectivity index (χ2n) is 5.63. The van der Waals surface area contributed by atoms with E-state index in [1.165, 1.54) is 45.4 Å². The molecule has 1 aliphatic heterocycles. The van der Waals surface area contributed by atoms with Crippen molar-refractivity contribution in [2.45, 2.75) is 45.6 Å². The highest BCUT2D eigenvalue weighted by molar-refractivity contribution is 5.04. The zero-order valence-corrected chi connectivity index (χ0v) is 12.4. The average Bonchev–Trinajstić information content (AvgIpc) is 2.95. The summed E-state index contributed by atoms with van der Waals surface area (Å²) in [4.78, 5) is 2.63. The summed E-state index contributed by atoms with van der Waals surface area (Å²) in [5.41, 5.74) is 0. The van der Waals surface area contributed by atoms with Gasteiger partial charge in [-0.15, -0.1) is 0 Å². The molecule has 1 unspecified atom stereocenters. The third-order valence-corrected chi connectivity index (χ3v) is 4.16. The van der Waals surface area contributed by atoms with Crippen molar-refractivity contribution in [3.63, 3.8) is 0 Å². The summed E-state index contributed by atoms with van der Waals surface area (Å²) >= 11 is 0. The van der Waals surface area contributed by atoms with Gasteiger partial charge >= 0.3 is 0 Å². The van der Waals surface area contributed by atoms with Gasteiger partial charge in [0, 0.05) is 6.54 Å². The van der Waals surface area contributed by atoms with Gasteiger partial charge in [0.15, 0.2) is 0 Å². The molecule has 2 rings (SSSR count). The lowest BCUT2D eigenvalue weighted by Gasteiger charge is -2.34. The lowest BCUT2D eigenvalue weighted by atomic mass is 9.96. The van der Waals surface area contributed by atoms with E-state index in [9.17, 15) is 0 Å². The first-order valence-corrected chi connectivity index (χ1v) is 7.83. The summed E-state index contributed by atoms with van der Waals surface area (Å²) in [5, 5.41) is 3.45. The van der Waals surface area contributed by atoms with Crippen LogP contribution in [0.15, 0.2) is 22.8 Å². The van der Waals surface area contributed by atoms with Crippen molar-refractivity contribution in [3.05, 3.63) is 24.2 Å². The van der Waals surface area contributed by atoms with Crippen molar-refractivity contribution < 1.29 is 4.42 Å². The van der Waals surface area contributed by atoms with E-state index in [-0.39, 0.29) is 0 Å². The van der Waals surface area contributed by atoms with Gasteiger partial charge in [-0.05, 0) is 63.4 Å². The summed E-state index contributed by atoms with van der Waals surface area (Å²) in [6.45, 7) is 9.28. The number of nitrogens with one attached hydrogen (secondary N) is 1. The van der Waals surface area contributed by atoms with Gasteiger partial charge in [0.25, 0.3) is 0 Å². The van der Waals surface area contributed by atoms with Gasteiger partial charge in [0.2, 0.25) is 0 Å². The van der Waals surface area contributed by atoms with E-state index in [0.717, 1.165) is 18.1 Å². The quantitative estimate of drug-likeness (QED) is 0.817. The van der Waals surface area contributed by atoms with Crippen LogP contribution in [-0.4, -0.2) is 31.1 Å². The molecule has 2 heterocycles. The Labute approximate surface area is 117 Å². The van der Waals surface area contributed by atoms with Crippen LogP contribution in [0.3, 0.4) is 0 Å². The molecule has 1 aliphatic rings. The van der Waals surface area contributed by atoms with Crippen LogP contribution in [0.4, 0.5) is 0 Å². The van der Waals surface area contributed by atoms with Gasteiger partial charge in [-0.1, -0.05) is 13.8 Å². The van der Waals surface area contributed by atoms with Crippen LogP contribution < -0.4 is 5.32 Å². The Morgan fingerprint density at radius 3 is 2.74 bits per heavy atom. The number of hydrogen-bond donors (Lipinski definition) is 1. The molecule has 0 amide bonds. The molecule has 19 heavy (non-hydrogen) atoms. The fraction of sp³-hybridized carbons (Fsp3) is 0.750. The second-order valence-corrected chi connectivity index (χ2v) is 5.63. The summed E-state index contributed by atoms with van der Waals surface area (Å²) < 4.78 is 5.65. The van der Waals surface area contributed by atoms with Gasteiger partial charge in [-0.3, -0.25) is 4.90 Å². The molecule has 1 N–H and O–H groups in total. The molecule has 0 aliphatic carbocycles. The molecule has 108 valence electrons. The number of hydrogen-bond acceptors (Lipinski definition) is 3. The van der Waals surface area contributed by atoms with Crippen molar-refractivity contribution in [2.24, 2.45) is 5.92 Å². The Morgan fingerprint density at radius 2 is 2.16 bits per heavy atom. The molecular formula is C16H28N2O. The fourth-order valence-electron chi connectivity index (χ4n) is 3.18. The molecule has 0 radical (unpaired) electrons. The largest absolute Gasteiger partial charge is 0.468 e. The van der Waals surface area contributed by atoms with E-state index in [1.807, 2.05) is 6.07 Å². The number of nitrogens with zero attached hydrogens (tertiary/aromatic N) is 1. The Balaban J connectivity index is 2.00. The van der Waals surface area contributed by atoms with Crippen molar-refractivity contribution in [1.29, 1.82) is 0 Å². The molecule has 1 fully saturated rings. The molecule has 1 atom stereocenters. The van der Waals surface area contributed by atoms with Crippen LogP contribution in [0.2, 0.25) is 0 Å². The predicted octanol–water partition coefficient (Wildman–Crippen LogP) is 3.44. The Bertz CT molecular complexity index is 331. The standard InChI is InChI=1S/C16H28N2O/c1-3-11-18(13-14-7-9-17-10-8-14)15(4-2)16-6-5-12-19-16/h5-6,12,14-15,17H,3-4,7-11,13H2,1-2H3. The minimum absolute atomic E-state index is 0.449. The Morgan fingerprint density at radius 1 is 1.37 bits per heavy atom. The Kier molecular flexibility index (Phi) is 5.93. The maximum atomic E-state index is 5.65. The van der Waals surface area contributed by atoms with E-state index < -0.39 is 0 Å². The van der Waals surface area contributed by atoms with E-state index >= 15 is 0 Å². The van der Waals surface area contributed by atoms with Crippen molar-refractivity contribution in [3.8, 4) is 0 Å². The molecule has 3 nitrogen and oxygen atoms in total. The van der Waals surface area contributed by atoms with Crippen LogP contribution in [0.5, 0.6) is 0 Å². The molecule has 1 aromatic rings. The van der Waals surface area contributed by atoms with Crippen LogP contribution in [0.25, 0.3) is 0 Å². The summed E-state index contributed by atoms with van der Waals surface area (Å²) in [6, 6.07) is 4.58. The van der Waals surface area contributed by atoms with E-state index in [4.69, 9.17) is 4.42 Å². The Hall–Kier alpha value is -0.800. The van der Waals surface area contributed by atoms with Crippen LogP contribution in [0, 0.1) is 5.92 Å². The molecule has 3 heteroatoms. The van der Waals surface area contributed by atoms with Crippen LogP contribution in [0.1, 0.15) is 51.3 Å². The van der Waals surface area contributed by atoms with E-state index in [1.54, 1.807) is 6.26 Å². The smallest absolute Gasteiger partial charge is 0.120 e. The third kappa shape index (κ3) is 4.08. The first-order chi connectivity index (χ1) is 9.35. The normalized spacial score (nSPS) is 18.9. The first-order valence-electron chi connectivity index (χ1n) is 7.83. The predicted molar refractivity (Wildman–Crippen MR) is 79.2 cm³/mol. The molecule has 1 aromatic heterocycles. The topological polar surface area (TPSA) is 28.4 Å². The number of furan rings is 1. The highest BCUT2D eigenvalue weighted by atomic mass is 16.3. The lowest BCUT2D eigenvalue weighted by Crippen LogP contribution is -2.38. The van der Waals surface area contributed by atoms with E-state index in [0.29, 0.717) is 6.04 Å². The highest BCUT2D eigenvalue weighted by Gasteiger charge is 2.24. The van der Waals surface area contributed by atoms with Crippen molar-refractivity contribution in [1.82, 2.24) is 10.2 Å². The number of piperidine rings is 1.